The quantitative estimate of drug-likeness (QED) is 0.675. The standard InChI is InChI=1S/C12H14N4O5/c1-7(2)13-12(17)14-4-3-8-5-9(15(18)19)6-10(11(8)14)16(20)21/h5-7H,3-4H2,1-2H3,(H,13,17). The molecule has 112 valence electrons. The maximum absolute atomic E-state index is 12.1. The van der Waals surface area contributed by atoms with E-state index < -0.39 is 21.6 Å². The minimum absolute atomic E-state index is 0.112. The Morgan fingerprint density at radius 2 is 1.95 bits per heavy atom. The highest BCUT2D eigenvalue weighted by molar-refractivity contribution is 5.97. The fraction of sp³-hybridized carbons (Fsp3) is 0.417. The molecule has 2 rings (SSSR count). The average molecular weight is 294 g/mol. The van der Waals surface area contributed by atoms with E-state index in [2.05, 4.69) is 5.32 Å². The lowest BCUT2D eigenvalue weighted by atomic mass is 10.1. The van der Waals surface area contributed by atoms with Gasteiger partial charge in [-0.2, -0.15) is 0 Å². The van der Waals surface area contributed by atoms with Crippen molar-refractivity contribution in [2.24, 2.45) is 0 Å². The van der Waals surface area contributed by atoms with Gasteiger partial charge in [0.1, 0.15) is 5.69 Å². The van der Waals surface area contributed by atoms with Crippen LogP contribution >= 0.6 is 0 Å². The number of anilines is 1. The average Bonchev–Trinajstić information content (AvgIpc) is 2.79. The summed E-state index contributed by atoms with van der Waals surface area (Å²) in [6.45, 7) is 3.81. The number of nitrogens with zero attached hydrogens (tertiary/aromatic N) is 3. The zero-order valence-electron chi connectivity index (χ0n) is 11.5. The number of urea groups is 1. The Bertz CT molecular complexity index is 628. The van der Waals surface area contributed by atoms with Crippen LogP contribution in [0.15, 0.2) is 12.1 Å². The van der Waals surface area contributed by atoms with Gasteiger partial charge in [-0.1, -0.05) is 0 Å². The molecule has 0 saturated heterocycles. The topological polar surface area (TPSA) is 119 Å². The van der Waals surface area contributed by atoms with Crippen LogP contribution in [-0.2, 0) is 6.42 Å². The summed E-state index contributed by atoms with van der Waals surface area (Å²) in [5, 5.41) is 24.6. The van der Waals surface area contributed by atoms with Crippen LogP contribution in [0.25, 0.3) is 0 Å². The van der Waals surface area contributed by atoms with Gasteiger partial charge < -0.3 is 5.32 Å². The van der Waals surface area contributed by atoms with Crippen LogP contribution in [0.4, 0.5) is 21.9 Å². The fourth-order valence-corrected chi connectivity index (χ4v) is 2.28. The Kier molecular flexibility index (Phi) is 3.74. The molecular formula is C12H14N4O5. The lowest BCUT2D eigenvalue weighted by Crippen LogP contribution is -2.42. The molecule has 0 saturated carbocycles. The predicted molar refractivity (Wildman–Crippen MR) is 74.5 cm³/mol. The summed E-state index contributed by atoms with van der Waals surface area (Å²) in [6.07, 6.45) is 0.351. The van der Waals surface area contributed by atoms with Gasteiger partial charge in [0.05, 0.1) is 15.9 Å². The number of nitro benzene ring substituents is 2. The number of non-ortho nitro benzene ring substituents is 1. The number of rotatable bonds is 3. The number of hydrogen-bond acceptors (Lipinski definition) is 5. The molecule has 1 aliphatic rings. The Morgan fingerprint density at radius 3 is 2.48 bits per heavy atom. The smallest absolute Gasteiger partial charge is 0.322 e. The van der Waals surface area contributed by atoms with E-state index in [9.17, 15) is 25.0 Å². The van der Waals surface area contributed by atoms with Gasteiger partial charge in [0.15, 0.2) is 0 Å². The second-order valence-electron chi connectivity index (χ2n) is 4.99. The molecule has 0 unspecified atom stereocenters. The number of amides is 2. The molecular weight excluding hydrogens is 280 g/mol. The van der Waals surface area contributed by atoms with Crippen LogP contribution in [0, 0.1) is 20.2 Å². The summed E-state index contributed by atoms with van der Waals surface area (Å²) in [6, 6.07) is 1.62. The van der Waals surface area contributed by atoms with Crippen molar-refractivity contribution in [1.29, 1.82) is 0 Å². The highest BCUT2D eigenvalue weighted by Crippen LogP contribution is 2.40. The maximum Gasteiger partial charge on any atom is 0.322 e. The minimum atomic E-state index is -0.702. The van der Waals surface area contributed by atoms with Gasteiger partial charge >= 0.3 is 6.03 Å². The number of hydrogen-bond donors (Lipinski definition) is 1. The van der Waals surface area contributed by atoms with Gasteiger partial charge in [0.25, 0.3) is 11.4 Å². The Morgan fingerprint density at radius 1 is 1.29 bits per heavy atom. The molecule has 1 aromatic carbocycles. The zero-order valence-corrected chi connectivity index (χ0v) is 11.5. The number of fused-ring (bicyclic) bond motifs is 1. The fourth-order valence-electron chi connectivity index (χ4n) is 2.28. The van der Waals surface area contributed by atoms with Crippen molar-refractivity contribution in [3.05, 3.63) is 37.9 Å². The monoisotopic (exact) mass is 294 g/mol. The van der Waals surface area contributed by atoms with Crippen molar-refractivity contribution in [3.63, 3.8) is 0 Å². The first-order chi connectivity index (χ1) is 9.81. The second kappa shape index (κ2) is 5.35. The number of carbonyl (C=O) groups excluding carboxylic acids is 1. The Hall–Kier alpha value is -2.71. The summed E-state index contributed by atoms with van der Waals surface area (Å²) in [4.78, 5) is 33.9. The number of nitrogens with one attached hydrogen (secondary N) is 1. The van der Waals surface area contributed by atoms with E-state index in [4.69, 9.17) is 0 Å². The molecule has 1 aromatic rings. The van der Waals surface area contributed by atoms with Crippen molar-refractivity contribution >= 4 is 23.1 Å². The number of benzene rings is 1. The third-order valence-electron chi connectivity index (χ3n) is 3.09. The van der Waals surface area contributed by atoms with Gasteiger partial charge in [-0.25, -0.2) is 4.79 Å². The van der Waals surface area contributed by atoms with Crippen LogP contribution in [0.3, 0.4) is 0 Å². The normalized spacial score (nSPS) is 13.2. The first-order valence-corrected chi connectivity index (χ1v) is 6.35. The van der Waals surface area contributed by atoms with E-state index in [1.54, 1.807) is 13.8 Å². The van der Waals surface area contributed by atoms with Crippen LogP contribution in [0.1, 0.15) is 19.4 Å². The SMILES string of the molecule is CC(C)NC(=O)N1CCc2cc([N+](=O)[O-])cc([N+](=O)[O-])c21. The highest BCUT2D eigenvalue weighted by atomic mass is 16.6. The van der Waals surface area contributed by atoms with E-state index in [1.807, 2.05) is 0 Å². The maximum atomic E-state index is 12.1. The summed E-state index contributed by atoms with van der Waals surface area (Å²) >= 11 is 0. The third-order valence-corrected chi connectivity index (χ3v) is 3.09. The van der Waals surface area contributed by atoms with Crippen LogP contribution < -0.4 is 10.2 Å². The van der Waals surface area contributed by atoms with Crippen LogP contribution in [0.5, 0.6) is 0 Å². The molecule has 0 bridgehead atoms. The first-order valence-electron chi connectivity index (χ1n) is 6.35. The third kappa shape index (κ3) is 2.76. The van der Waals surface area contributed by atoms with Gasteiger partial charge in [0.2, 0.25) is 0 Å². The Labute approximate surface area is 119 Å². The van der Waals surface area contributed by atoms with Crippen LogP contribution in [-0.4, -0.2) is 28.5 Å². The van der Waals surface area contributed by atoms with Crippen molar-refractivity contribution in [2.75, 3.05) is 11.4 Å². The summed E-state index contributed by atoms with van der Waals surface area (Å²) < 4.78 is 0. The van der Waals surface area contributed by atoms with Gasteiger partial charge in [-0.05, 0) is 25.8 Å². The lowest BCUT2D eigenvalue weighted by Gasteiger charge is -2.19. The van der Waals surface area contributed by atoms with E-state index in [0.717, 1.165) is 6.07 Å². The minimum Gasteiger partial charge on any atom is -0.336 e. The van der Waals surface area contributed by atoms with E-state index in [-0.39, 0.29) is 24.0 Å². The van der Waals surface area contributed by atoms with E-state index >= 15 is 0 Å². The molecule has 2 amide bonds. The molecule has 1 heterocycles. The van der Waals surface area contributed by atoms with Crippen molar-refractivity contribution in [3.8, 4) is 0 Å². The molecule has 0 radical (unpaired) electrons. The first kappa shape index (κ1) is 14.7. The highest BCUT2D eigenvalue weighted by Gasteiger charge is 2.35. The number of carbonyl (C=O) groups is 1. The van der Waals surface area contributed by atoms with E-state index in [1.165, 1.54) is 11.0 Å². The number of nitro groups is 2. The molecule has 0 fully saturated rings. The van der Waals surface area contributed by atoms with Gasteiger partial charge in [-0.15, -0.1) is 0 Å². The van der Waals surface area contributed by atoms with E-state index in [0.29, 0.717) is 12.0 Å². The molecule has 21 heavy (non-hydrogen) atoms. The zero-order chi connectivity index (χ0) is 15.7. The van der Waals surface area contributed by atoms with Crippen molar-refractivity contribution in [2.45, 2.75) is 26.3 Å². The van der Waals surface area contributed by atoms with Gasteiger partial charge in [0, 0.05) is 18.7 Å². The Balaban J connectivity index is 2.49. The summed E-state index contributed by atoms with van der Waals surface area (Å²) in [5.41, 5.74) is -0.180. The second-order valence-corrected chi connectivity index (χ2v) is 4.99. The molecule has 0 spiro atoms. The molecule has 1 aliphatic heterocycles. The molecule has 0 aliphatic carbocycles. The molecule has 9 nitrogen and oxygen atoms in total. The van der Waals surface area contributed by atoms with Crippen molar-refractivity contribution in [1.82, 2.24) is 5.32 Å². The molecule has 9 heteroatoms. The van der Waals surface area contributed by atoms with Gasteiger partial charge in [-0.3, -0.25) is 25.1 Å². The molecule has 1 N–H and O–H groups in total. The molecule has 0 atom stereocenters. The summed E-state index contributed by atoms with van der Waals surface area (Å²) in [5.74, 6) is 0. The molecule has 0 aromatic heterocycles. The lowest BCUT2D eigenvalue weighted by molar-refractivity contribution is -0.393. The predicted octanol–water partition coefficient (Wildman–Crippen LogP) is 1.98. The largest absolute Gasteiger partial charge is 0.336 e. The summed E-state index contributed by atoms with van der Waals surface area (Å²) in [7, 11) is 0. The van der Waals surface area contributed by atoms with Crippen LogP contribution in [0.2, 0.25) is 0 Å². The van der Waals surface area contributed by atoms with Crippen molar-refractivity contribution < 1.29 is 14.6 Å².